The summed E-state index contributed by atoms with van der Waals surface area (Å²) in [5.41, 5.74) is 13.5. The number of ether oxygens (including phenoxy) is 1. The van der Waals surface area contributed by atoms with E-state index in [0.29, 0.717) is 29.0 Å². The molecule has 4 bridgehead atoms. The van der Waals surface area contributed by atoms with E-state index in [-0.39, 0.29) is 27.7 Å². The highest BCUT2D eigenvalue weighted by Gasteiger charge is 2.66. The maximum Gasteiger partial charge on any atom is 0.212 e. The molecule has 12 nitrogen and oxygen atoms in total. The average Bonchev–Trinajstić information content (AvgIpc) is 4.05. The van der Waals surface area contributed by atoms with E-state index in [1.165, 1.54) is 69.4 Å². The first-order chi connectivity index (χ1) is 29.3. The molecule has 6 heterocycles. The van der Waals surface area contributed by atoms with Gasteiger partial charge in [-0.05, 0) is 150 Å². The molecule has 4 aliphatic carbocycles. The Hall–Kier alpha value is -4.46. The van der Waals surface area contributed by atoms with Crippen molar-refractivity contribution < 1.29 is 9.84 Å². The molecular formula is C48H64N10O2S. The molecular weight excluding hydrogens is 781 g/mol. The van der Waals surface area contributed by atoms with Crippen molar-refractivity contribution in [3.63, 3.8) is 0 Å². The van der Waals surface area contributed by atoms with E-state index >= 15 is 0 Å². The molecule has 7 fully saturated rings. The quantitative estimate of drug-likeness (QED) is 0.0846. The lowest BCUT2D eigenvalue weighted by Crippen LogP contribution is -2.64. The Morgan fingerprint density at radius 1 is 0.967 bits per heavy atom. The van der Waals surface area contributed by atoms with E-state index in [1.54, 1.807) is 0 Å². The van der Waals surface area contributed by atoms with Gasteiger partial charge in [-0.2, -0.15) is 5.10 Å². The number of hydrogen-bond donors (Lipinski definition) is 4. The van der Waals surface area contributed by atoms with Gasteiger partial charge in [0.2, 0.25) is 11.0 Å². The Morgan fingerprint density at radius 2 is 1.70 bits per heavy atom. The Labute approximate surface area is 364 Å². The zero-order chi connectivity index (χ0) is 42.1. The van der Waals surface area contributed by atoms with Gasteiger partial charge in [0.1, 0.15) is 23.2 Å². The lowest BCUT2D eigenvalue weighted by atomic mass is 9.39. The Kier molecular flexibility index (Phi) is 10.3. The number of allylic oxidation sites excluding steroid dienone is 3. The standard InChI is InChI=1S/C48H64N10O2S/c1-32(41(49)54-44-52-37-13-5-6-14-38(37)61-44)34-12-11-21-57(42(34)50)39-16-15-35(40(53-39)43(59)56-19-9-10-20-56)36-24-51-58(33(36)2)31-47-26-45(3)25-46(4,27-47)29-48(28-45,30-47)60-23-22-55-17-7-8-18-55/h5-6,13-16,24,50,53,59H,7-12,17-23,25-31H2,1-4H3,(H2,49,52,54)/b34-32-,43-40+,50-42?. The molecule has 5 N–H and O–H groups in total. The number of rotatable bonds is 11. The summed E-state index contributed by atoms with van der Waals surface area (Å²) in [4.78, 5) is 16.0. The molecule has 0 radical (unpaired) electrons. The van der Waals surface area contributed by atoms with Crippen LogP contribution in [0.1, 0.15) is 109 Å². The molecule has 324 valence electrons. The zero-order valence-corrected chi connectivity index (χ0v) is 37.5. The molecule has 0 spiro atoms. The first-order valence-corrected chi connectivity index (χ1v) is 23.7. The number of aliphatic hydroxyl groups excluding tert-OH is 1. The fourth-order valence-electron chi connectivity index (χ4n) is 13.5. The Balaban J connectivity index is 0.927. The number of nitrogens with two attached hydrogens (primary N) is 1. The number of likely N-dealkylation sites (tertiary alicyclic amines) is 3. The van der Waals surface area contributed by atoms with Crippen molar-refractivity contribution in [2.24, 2.45) is 27.0 Å². The van der Waals surface area contributed by atoms with E-state index in [1.807, 2.05) is 42.3 Å². The Bertz CT molecular complexity index is 2340. The number of amidine groups is 2. The molecule has 3 saturated heterocycles. The van der Waals surface area contributed by atoms with Crippen LogP contribution < -0.4 is 11.1 Å². The van der Waals surface area contributed by atoms with E-state index < -0.39 is 0 Å². The van der Waals surface area contributed by atoms with Crippen molar-refractivity contribution in [2.75, 3.05) is 45.9 Å². The number of aliphatic hydroxyl groups is 1. The van der Waals surface area contributed by atoms with Crippen molar-refractivity contribution in [2.45, 2.75) is 117 Å². The van der Waals surface area contributed by atoms with Gasteiger partial charge in [-0.25, -0.2) is 9.98 Å². The highest BCUT2D eigenvalue weighted by Crippen LogP contribution is 2.72. The van der Waals surface area contributed by atoms with Crippen LogP contribution in [0.2, 0.25) is 0 Å². The van der Waals surface area contributed by atoms with Gasteiger partial charge < -0.3 is 35.6 Å². The number of fused-ring (bicyclic) bond motifs is 1. The Morgan fingerprint density at radius 3 is 2.46 bits per heavy atom. The highest BCUT2D eigenvalue weighted by atomic mass is 32.1. The monoisotopic (exact) mass is 844 g/mol. The van der Waals surface area contributed by atoms with Gasteiger partial charge in [0.15, 0.2) is 0 Å². The predicted molar refractivity (Wildman–Crippen MR) is 245 cm³/mol. The summed E-state index contributed by atoms with van der Waals surface area (Å²) in [7, 11) is 0. The largest absolute Gasteiger partial charge is 0.493 e. The maximum atomic E-state index is 12.0. The summed E-state index contributed by atoms with van der Waals surface area (Å²) >= 11 is 1.51. The van der Waals surface area contributed by atoms with Crippen LogP contribution in [0.15, 0.2) is 76.2 Å². The van der Waals surface area contributed by atoms with Crippen LogP contribution in [0.25, 0.3) is 15.8 Å². The summed E-state index contributed by atoms with van der Waals surface area (Å²) in [5.74, 6) is 1.78. The van der Waals surface area contributed by atoms with Crippen LogP contribution in [0.5, 0.6) is 0 Å². The first-order valence-electron chi connectivity index (χ1n) is 22.9. The van der Waals surface area contributed by atoms with E-state index in [0.717, 1.165) is 109 Å². The molecule has 0 amide bonds. The second kappa shape index (κ2) is 15.4. The van der Waals surface area contributed by atoms with Crippen LogP contribution in [0.4, 0.5) is 5.13 Å². The van der Waals surface area contributed by atoms with E-state index in [9.17, 15) is 10.5 Å². The van der Waals surface area contributed by atoms with Gasteiger partial charge in [-0.15, -0.1) is 0 Å². The topological polar surface area (TPSA) is 144 Å². The van der Waals surface area contributed by atoms with Gasteiger partial charge in [-0.3, -0.25) is 10.1 Å². The van der Waals surface area contributed by atoms with Crippen molar-refractivity contribution in [1.82, 2.24) is 34.8 Å². The normalized spacial score (nSPS) is 32.2. The highest BCUT2D eigenvalue weighted by molar-refractivity contribution is 7.22. The fraction of sp³-hybridized carbons (Fsp3) is 0.583. The summed E-state index contributed by atoms with van der Waals surface area (Å²) in [6.07, 6.45) is 19.7. The van der Waals surface area contributed by atoms with E-state index in [2.05, 4.69) is 57.7 Å². The molecule has 3 aromatic rings. The van der Waals surface area contributed by atoms with Gasteiger partial charge in [0.05, 0.1) is 28.6 Å². The summed E-state index contributed by atoms with van der Waals surface area (Å²) in [6, 6.07) is 7.99. The molecule has 4 aliphatic heterocycles. The molecule has 11 rings (SSSR count). The SMILES string of the molecule is CC(/C(N)=N/c1nc2ccccc2s1)=C1\CCCN(C2=CC=C(c3cnn(CC45CC6(C)CC(C)(C4)CC(OCCN4CCCC4)(C6)C5)c3C)/C(=C(\O)N3CCCC3)N2)C1=N. The molecule has 2 unspecified atom stereocenters. The van der Waals surface area contributed by atoms with Crippen LogP contribution in [-0.4, -0.2) is 97.7 Å². The van der Waals surface area contributed by atoms with Crippen LogP contribution >= 0.6 is 11.3 Å². The summed E-state index contributed by atoms with van der Waals surface area (Å²) < 4.78 is 10.4. The lowest BCUT2D eigenvalue weighted by Gasteiger charge is -2.69. The number of dihydropyridines is 1. The smallest absolute Gasteiger partial charge is 0.212 e. The zero-order valence-electron chi connectivity index (χ0n) is 36.7. The summed E-state index contributed by atoms with van der Waals surface area (Å²) in [6.45, 7) is 16.7. The molecule has 4 saturated carbocycles. The van der Waals surface area contributed by atoms with Crippen LogP contribution in [0.3, 0.4) is 0 Å². The number of aromatic nitrogens is 3. The molecule has 8 aliphatic rings. The maximum absolute atomic E-state index is 12.0. The van der Waals surface area contributed by atoms with Crippen LogP contribution in [0, 0.1) is 28.6 Å². The van der Waals surface area contributed by atoms with Crippen LogP contribution in [-0.2, 0) is 11.3 Å². The van der Waals surface area contributed by atoms with Gasteiger partial charge in [0, 0.05) is 55.1 Å². The number of hydrogen-bond acceptors (Lipinski definition) is 10. The molecule has 2 aromatic heterocycles. The first kappa shape index (κ1) is 40.6. The average molecular weight is 845 g/mol. The number of nitrogens with zero attached hydrogens (tertiary/aromatic N) is 7. The predicted octanol–water partition coefficient (Wildman–Crippen LogP) is 8.76. The van der Waals surface area contributed by atoms with Gasteiger partial charge >= 0.3 is 0 Å². The van der Waals surface area contributed by atoms with Crippen molar-refractivity contribution in [1.29, 1.82) is 5.41 Å². The number of thiazole rings is 1. The van der Waals surface area contributed by atoms with Crippen molar-refractivity contribution in [3.8, 4) is 0 Å². The fourth-order valence-corrected chi connectivity index (χ4v) is 14.4. The number of para-hydroxylation sites is 1. The third-order valence-corrected chi connectivity index (χ3v) is 16.0. The summed E-state index contributed by atoms with van der Waals surface area (Å²) in [5, 5.41) is 30.9. The number of benzene rings is 1. The third-order valence-electron chi connectivity index (χ3n) is 15.1. The number of nitrogens with one attached hydrogen (secondary N) is 2. The third kappa shape index (κ3) is 7.62. The van der Waals surface area contributed by atoms with Crippen molar-refractivity contribution in [3.05, 3.63) is 82.4 Å². The van der Waals surface area contributed by atoms with Crippen molar-refractivity contribution >= 4 is 43.9 Å². The minimum absolute atomic E-state index is 0.0546. The lowest BCUT2D eigenvalue weighted by molar-refractivity contribution is -0.248. The minimum Gasteiger partial charge on any atom is -0.493 e. The van der Waals surface area contributed by atoms with Gasteiger partial charge in [0.25, 0.3) is 0 Å². The number of piperidine rings is 1. The minimum atomic E-state index is -0.0546. The van der Waals surface area contributed by atoms with E-state index in [4.69, 9.17) is 20.6 Å². The second-order valence-corrected chi connectivity index (χ2v) is 21.4. The number of aliphatic imine (C=N–C) groups is 1. The molecule has 61 heavy (non-hydrogen) atoms. The molecule has 13 heteroatoms. The molecule has 1 aromatic carbocycles. The molecule has 2 atom stereocenters. The second-order valence-electron chi connectivity index (χ2n) is 20.4. The van der Waals surface area contributed by atoms with Gasteiger partial charge in [-0.1, -0.05) is 37.3 Å².